The average molecular weight is 213 g/mol. The van der Waals surface area contributed by atoms with Crippen LogP contribution in [0.25, 0.3) is 0 Å². The monoisotopic (exact) mass is 213 g/mol. The second-order valence-corrected chi connectivity index (χ2v) is 4.05. The van der Waals surface area contributed by atoms with Gasteiger partial charge in [0.1, 0.15) is 5.82 Å². The van der Waals surface area contributed by atoms with Gasteiger partial charge in [0.15, 0.2) is 0 Å². The number of rotatable bonds is 6. The first-order valence-corrected chi connectivity index (χ1v) is 6.46. The van der Waals surface area contributed by atoms with Crippen molar-refractivity contribution in [2.45, 2.75) is 26.4 Å². The molecule has 4 heteroatoms. The van der Waals surface area contributed by atoms with E-state index in [4.69, 9.17) is 0 Å². The molecular weight excluding hydrogens is 194 g/mol. The average Bonchev–Trinajstić information content (AvgIpc) is 2.65. The Hall–Kier alpha value is -0.480. The first-order chi connectivity index (χ1) is 6.83. The summed E-state index contributed by atoms with van der Waals surface area (Å²) in [6, 6.07) is 0.380. The first-order valence-electron chi connectivity index (χ1n) is 5.06. The highest BCUT2D eigenvalue weighted by molar-refractivity contribution is 7.98. The van der Waals surface area contributed by atoms with Crippen LogP contribution in [0.4, 0.5) is 0 Å². The van der Waals surface area contributed by atoms with Crippen molar-refractivity contribution in [3.8, 4) is 0 Å². The highest BCUT2D eigenvalue weighted by Gasteiger charge is 2.14. The number of aryl methyl sites for hydroxylation is 1. The van der Waals surface area contributed by atoms with Gasteiger partial charge in [-0.1, -0.05) is 6.92 Å². The first kappa shape index (κ1) is 11.6. The number of nitrogens with zero attached hydrogens (tertiary/aromatic N) is 2. The molecule has 1 N–H and O–H groups in total. The highest BCUT2D eigenvalue weighted by atomic mass is 32.2. The van der Waals surface area contributed by atoms with Gasteiger partial charge in [-0.15, -0.1) is 0 Å². The molecule has 1 aromatic rings. The van der Waals surface area contributed by atoms with Crippen LogP contribution in [0.1, 0.15) is 25.7 Å². The minimum absolute atomic E-state index is 0.380. The van der Waals surface area contributed by atoms with Crippen LogP contribution in [0.5, 0.6) is 0 Å². The molecule has 0 bridgehead atoms. The van der Waals surface area contributed by atoms with E-state index in [1.54, 1.807) is 0 Å². The lowest BCUT2D eigenvalue weighted by Gasteiger charge is -2.17. The second kappa shape index (κ2) is 6.09. The summed E-state index contributed by atoms with van der Waals surface area (Å²) in [5.41, 5.74) is 0. The summed E-state index contributed by atoms with van der Waals surface area (Å²) in [7, 11) is 0. The van der Waals surface area contributed by atoms with Gasteiger partial charge in [-0.2, -0.15) is 11.8 Å². The minimum atomic E-state index is 0.380. The zero-order valence-electron chi connectivity index (χ0n) is 9.16. The van der Waals surface area contributed by atoms with E-state index in [0.717, 1.165) is 24.7 Å². The van der Waals surface area contributed by atoms with Gasteiger partial charge in [0, 0.05) is 24.7 Å². The molecule has 1 rings (SSSR count). The molecule has 1 heterocycles. The van der Waals surface area contributed by atoms with Crippen LogP contribution in [0.2, 0.25) is 0 Å². The maximum Gasteiger partial charge on any atom is 0.126 e. The van der Waals surface area contributed by atoms with Crippen molar-refractivity contribution in [3.05, 3.63) is 18.2 Å². The normalized spacial score (nSPS) is 13.1. The van der Waals surface area contributed by atoms with E-state index in [9.17, 15) is 0 Å². The summed E-state index contributed by atoms with van der Waals surface area (Å²) < 4.78 is 2.20. The molecule has 0 aliphatic rings. The topological polar surface area (TPSA) is 29.9 Å². The van der Waals surface area contributed by atoms with E-state index in [0.29, 0.717) is 6.04 Å². The summed E-state index contributed by atoms with van der Waals surface area (Å²) in [6.45, 7) is 6.26. The molecule has 0 spiro atoms. The highest BCUT2D eigenvalue weighted by Crippen LogP contribution is 2.15. The van der Waals surface area contributed by atoms with E-state index in [1.807, 2.05) is 24.2 Å². The summed E-state index contributed by atoms with van der Waals surface area (Å²) in [5.74, 6) is 2.23. The molecule has 0 fully saturated rings. The third-order valence-corrected chi connectivity index (χ3v) is 2.85. The molecule has 14 heavy (non-hydrogen) atoms. The minimum Gasteiger partial charge on any atom is -0.334 e. The Balaban J connectivity index is 2.75. The van der Waals surface area contributed by atoms with Crippen molar-refractivity contribution >= 4 is 11.8 Å². The zero-order chi connectivity index (χ0) is 10.4. The molecule has 1 unspecified atom stereocenters. The van der Waals surface area contributed by atoms with Crippen LogP contribution in [0.3, 0.4) is 0 Å². The number of aromatic nitrogens is 2. The Morgan fingerprint density at radius 2 is 2.36 bits per heavy atom. The van der Waals surface area contributed by atoms with Crippen molar-refractivity contribution in [3.63, 3.8) is 0 Å². The largest absolute Gasteiger partial charge is 0.334 e. The van der Waals surface area contributed by atoms with Crippen LogP contribution in [-0.4, -0.2) is 28.1 Å². The molecule has 0 aromatic carbocycles. The Labute approximate surface area is 90.3 Å². The molecule has 1 atom stereocenters. The Morgan fingerprint density at radius 1 is 1.57 bits per heavy atom. The lowest BCUT2D eigenvalue weighted by Crippen LogP contribution is -2.26. The summed E-state index contributed by atoms with van der Waals surface area (Å²) in [4.78, 5) is 4.41. The SMILES string of the molecule is CCNC(CSC)c1nccn1CC. The maximum atomic E-state index is 4.41. The standard InChI is InChI=1S/C10H19N3S/c1-4-11-9(8-14-3)10-12-6-7-13(10)5-2/h6-7,9,11H,4-5,8H2,1-3H3. The lowest BCUT2D eigenvalue weighted by atomic mass is 10.3. The van der Waals surface area contributed by atoms with E-state index in [1.165, 1.54) is 0 Å². The van der Waals surface area contributed by atoms with E-state index in [-0.39, 0.29) is 0 Å². The van der Waals surface area contributed by atoms with Crippen LogP contribution in [0.15, 0.2) is 12.4 Å². The molecule has 0 saturated heterocycles. The van der Waals surface area contributed by atoms with Crippen molar-refractivity contribution in [1.29, 1.82) is 0 Å². The molecule has 3 nitrogen and oxygen atoms in total. The molecule has 80 valence electrons. The van der Waals surface area contributed by atoms with Gasteiger partial charge in [-0.3, -0.25) is 0 Å². The predicted molar refractivity (Wildman–Crippen MR) is 62.7 cm³/mol. The van der Waals surface area contributed by atoms with Crippen molar-refractivity contribution in [1.82, 2.24) is 14.9 Å². The maximum absolute atomic E-state index is 4.41. The molecule has 0 aliphatic carbocycles. The molecule has 0 saturated carbocycles. The summed E-state index contributed by atoms with van der Waals surface area (Å²) >= 11 is 1.85. The van der Waals surface area contributed by atoms with Crippen LogP contribution >= 0.6 is 11.8 Å². The Morgan fingerprint density at radius 3 is 2.93 bits per heavy atom. The second-order valence-electron chi connectivity index (χ2n) is 3.14. The Bertz CT molecular complexity index is 254. The third-order valence-electron chi connectivity index (χ3n) is 2.18. The molecule has 0 amide bonds. The molecule has 1 aromatic heterocycles. The third kappa shape index (κ3) is 2.75. The van der Waals surface area contributed by atoms with Crippen molar-refractivity contribution < 1.29 is 0 Å². The Kier molecular flexibility index (Phi) is 5.04. The van der Waals surface area contributed by atoms with Gasteiger partial charge in [-0.25, -0.2) is 4.98 Å². The number of imidazole rings is 1. The van der Waals surface area contributed by atoms with Crippen LogP contribution < -0.4 is 5.32 Å². The molecular formula is C10H19N3S. The van der Waals surface area contributed by atoms with Gasteiger partial charge in [0.05, 0.1) is 6.04 Å². The fraction of sp³-hybridized carbons (Fsp3) is 0.700. The van der Waals surface area contributed by atoms with Gasteiger partial charge >= 0.3 is 0 Å². The van der Waals surface area contributed by atoms with E-state index >= 15 is 0 Å². The fourth-order valence-electron chi connectivity index (χ4n) is 1.54. The van der Waals surface area contributed by atoms with E-state index in [2.05, 4.69) is 35.0 Å². The molecule has 0 radical (unpaired) electrons. The van der Waals surface area contributed by atoms with Gasteiger partial charge in [-0.05, 0) is 19.7 Å². The number of nitrogens with one attached hydrogen (secondary N) is 1. The quantitative estimate of drug-likeness (QED) is 0.783. The van der Waals surface area contributed by atoms with Crippen LogP contribution in [0, 0.1) is 0 Å². The van der Waals surface area contributed by atoms with Crippen molar-refractivity contribution in [2.75, 3.05) is 18.6 Å². The summed E-state index contributed by atoms with van der Waals surface area (Å²) in [6.07, 6.45) is 6.05. The number of hydrogen-bond acceptors (Lipinski definition) is 3. The van der Waals surface area contributed by atoms with Gasteiger partial charge in [0.2, 0.25) is 0 Å². The molecule has 0 aliphatic heterocycles. The van der Waals surface area contributed by atoms with Gasteiger partial charge in [0.25, 0.3) is 0 Å². The lowest BCUT2D eigenvalue weighted by molar-refractivity contribution is 0.539. The summed E-state index contributed by atoms with van der Waals surface area (Å²) in [5, 5.41) is 3.46. The van der Waals surface area contributed by atoms with Gasteiger partial charge < -0.3 is 9.88 Å². The fourth-order valence-corrected chi connectivity index (χ4v) is 2.14. The van der Waals surface area contributed by atoms with E-state index < -0.39 is 0 Å². The van der Waals surface area contributed by atoms with Crippen molar-refractivity contribution in [2.24, 2.45) is 0 Å². The zero-order valence-corrected chi connectivity index (χ0v) is 9.97. The van der Waals surface area contributed by atoms with Crippen LogP contribution in [-0.2, 0) is 6.54 Å². The number of thioether (sulfide) groups is 1. The predicted octanol–water partition coefficient (Wildman–Crippen LogP) is 1.92. The number of hydrogen-bond donors (Lipinski definition) is 1. The smallest absolute Gasteiger partial charge is 0.126 e.